The van der Waals surface area contributed by atoms with Crippen molar-refractivity contribution < 1.29 is 9.21 Å². The van der Waals surface area contributed by atoms with Crippen LogP contribution in [0.25, 0.3) is 11.5 Å². The number of nitrogens with zero attached hydrogens (tertiary/aromatic N) is 3. The van der Waals surface area contributed by atoms with E-state index in [-0.39, 0.29) is 17.2 Å². The molecule has 2 aromatic carbocycles. The van der Waals surface area contributed by atoms with Gasteiger partial charge < -0.3 is 9.32 Å². The van der Waals surface area contributed by atoms with E-state index in [0.29, 0.717) is 11.1 Å². The summed E-state index contributed by atoms with van der Waals surface area (Å²) in [6.45, 7) is 3.96. The number of rotatable bonds is 4. The van der Waals surface area contributed by atoms with E-state index >= 15 is 0 Å². The van der Waals surface area contributed by atoms with Gasteiger partial charge in [-0.05, 0) is 44.0 Å². The molecule has 1 aromatic heterocycles. The van der Waals surface area contributed by atoms with E-state index in [2.05, 4.69) is 23.2 Å². The lowest BCUT2D eigenvalue weighted by Crippen LogP contribution is -2.40. The number of anilines is 1. The van der Waals surface area contributed by atoms with Crippen molar-refractivity contribution in [3.8, 4) is 11.5 Å². The van der Waals surface area contributed by atoms with Crippen LogP contribution in [-0.2, 0) is 11.2 Å². The molecule has 0 saturated carbocycles. The second-order valence-corrected chi connectivity index (χ2v) is 7.68. The molecule has 3 aromatic rings. The number of aromatic nitrogens is 2. The number of amides is 1. The van der Waals surface area contributed by atoms with Gasteiger partial charge in [-0.15, -0.1) is 10.2 Å². The third-order valence-corrected chi connectivity index (χ3v) is 5.42. The van der Waals surface area contributed by atoms with Crippen LogP contribution >= 0.6 is 11.8 Å². The molecule has 0 unspecified atom stereocenters. The third kappa shape index (κ3) is 3.12. The van der Waals surface area contributed by atoms with Gasteiger partial charge in [-0.2, -0.15) is 0 Å². The van der Waals surface area contributed by atoms with Crippen LogP contribution in [0.5, 0.6) is 0 Å². The molecule has 0 spiro atoms. The lowest BCUT2D eigenvalue weighted by Gasteiger charge is -2.25. The van der Waals surface area contributed by atoms with Gasteiger partial charge in [0.1, 0.15) is 0 Å². The summed E-state index contributed by atoms with van der Waals surface area (Å²) in [6, 6.07) is 17.8. The van der Waals surface area contributed by atoms with Crippen LogP contribution in [0.3, 0.4) is 0 Å². The van der Waals surface area contributed by atoms with Crippen LogP contribution in [0.1, 0.15) is 19.4 Å². The molecule has 0 bridgehead atoms. The summed E-state index contributed by atoms with van der Waals surface area (Å²) in [6.07, 6.45) is 0.887. The quantitative estimate of drug-likeness (QED) is 0.649. The second-order valence-electron chi connectivity index (χ2n) is 6.39. The summed E-state index contributed by atoms with van der Waals surface area (Å²) in [5.74, 6) is 0.527. The average molecular weight is 365 g/mol. The van der Waals surface area contributed by atoms with E-state index in [1.54, 1.807) is 0 Å². The molecule has 1 amide bonds. The summed E-state index contributed by atoms with van der Waals surface area (Å²) in [5.41, 5.74) is 3.09. The van der Waals surface area contributed by atoms with Crippen molar-refractivity contribution in [2.75, 3.05) is 4.90 Å². The largest absolute Gasteiger partial charge is 0.411 e. The summed E-state index contributed by atoms with van der Waals surface area (Å²) >= 11 is 1.30. The van der Waals surface area contributed by atoms with E-state index in [0.717, 1.165) is 17.7 Å². The van der Waals surface area contributed by atoms with Crippen LogP contribution in [0.15, 0.2) is 64.2 Å². The van der Waals surface area contributed by atoms with Gasteiger partial charge in [0, 0.05) is 17.3 Å². The van der Waals surface area contributed by atoms with Gasteiger partial charge in [0.25, 0.3) is 5.22 Å². The average Bonchev–Trinajstić information content (AvgIpc) is 3.25. The number of thioether (sulfide) groups is 1. The highest BCUT2D eigenvalue weighted by atomic mass is 32.2. The van der Waals surface area contributed by atoms with Crippen LogP contribution in [-0.4, -0.2) is 27.4 Å². The van der Waals surface area contributed by atoms with Crippen molar-refractivity contribution >= 4 is 23.4 Å². The minimum atomic E-state index is -0.312. The summed E-state index contributed by atoms with van der Waals surface area (Å²) in [5, 5.41) is 8.26. The van der Waals surface area contributed by atoms with Gasteiger partial charge >= 0.3 is 0 Å². The van der Waals surface area contributed by atoms with E-state index in [9.17, 15) is 4.79 Å². The van der Waals surface area contributed by atoms with Crippen molar-refractivity contribution in [2.45, 2.75) is 36.8 Å². The maximum atomic E-state index is 13.0. The minimum Gasteiger partial charge on any atom is -0.411 e. The molecule has 1 aliphatic heterocycles. The van der Waals surface area contributed by atoms with E-state index in [1.807, 2.05) is 60.4 Å². The first-order chi connectivity index (χ1) is 12.6. The Bertz CT molecular complexity index is 926. The highest BCUT2D eigenvalue weighted by Gasteiger charge is 2.34. The Labute approximate surface area is 156 Å². The second kappa shape index (κ2) is 6.96. The SMILES string of the molecule is C[C@H](Sc1nnc(-c2ccccc2)o1)C(=O)N1c2ccccc2C[C@H]1C. The molecule has 0 radical (unpaired) electrons. The third-order valence-electron chi connectivity index (χ3n) is 4.50. The fourth-order valence-corrected chi connectivity index (χ4v) is 3.99. The Hall–Kier alpha value is -2.60. The molecule has 0 fully saturated rings. The molecule has 0 saturated heterocycles. The Balaban J connectivity index is 1.50. The zero-order valence-electron chi connectivity index (χ0n) is 14.6. The first kappa shape index (κ1) is 16.8. The number of hydrogen-bond donors (Lipinski definition) is 0. The normalized spacial score (nSPS) is 17.2. The van der Waals surface area contributed by atoms with Gasteiger partial charge in [0.2, 0.25) is 11.8 Å². The van der Waals surface area contributed by atoms with Crippen molar-refractivity contribution in [1.82, 2.24) is 10.2 Å². The Kier molecular flexibility index (Phi) is 4.51. The van der Waals surface area contributed by atoms with Gasteiger partial charge in [-0.1, -0.05) is 48.2 Å². The monoisotopic (exact) mass is 365 g/mol. The molecular formula is C20H19N3O2S. The summed E-state index contributed by atoms with van der Waals surface area (Å²) in [4.78, 5) is 14.9. The molecule has 26 heavy (non-hydrogen) atoms. The van der Waals surface area contributed by atoms with Crippen LogP contribution in [0, 0.1) is 0 Å². The predicted octanol–water partition coefficient (Wildman–Crippen LogP) is 4.20. The number of fused-ring (bicyclic) bond motifs is 1. The number of carbonyl (C=O) groups is 1. The number of carbonyl (C=O) groups excluding carboxylic acids is 1. The van der Waals surface area contributed by atoms with E-state index < -0.39 is 0 Å². The fraction of sp³-hybridized carbons (Fsp3) is 0.250. The summed E-state index contributed by atoms with van der Waals surface area (Å²) < 4.78 is 5.72. The van der Waals surface area contributed by atoms with Crippen LogP contribution in [0.2, 0.25) is 0 Å². The maximum absolute atomic E-state index is 13.0. The number of hydrogen-bond acceptors (Lipinski definition) is 5. The Morgan fingerprint density at radius 3 is 2.69 bits per heavy atom. The van der Waals surface area contributed by atoms with E-state index in [1.165, 1.54) is 17.3 Å². The van der Waals surface area contributed by atoms with Crippen molar-refractivity contribution in [2.24, 2.45) is 0 Å². The summed E-state index contributed by atoms with van der Waals surface area (Å²) in [7, 11) is 0. The molecule has 6 heteroatoms. The van der Waals surface area contributed by atoms with Gasteiger partial charge in [0.05, 0.1) is 5.25 Å². The van der Waals surface area contributed by atoms with Crippen molar-refractivity contribution in [1.29, 1.82) is 0 Å². The zero-order valence-corrected chi connectivity index (χ0v) is 15.4. The van der Waals surface area contributed by atoms with Crippen molar-refractivity contribution in [3.63, 3.8) is 0 Å². The standard InChI is InChI=1S/C20H19N3O2S/c1-13-12-16-10-6-7-11-17(16)23(13)19(24)14(2)26-20-22-21-18(25-20)15-8-4-3-5-9-15/h3-11,13-14H,12H2,1-2H3/t13-,14+/m1/s1. The molecule has 132 valence electrons. The molecule has 5 nitrogen and oxygen atoms in total. The Morgan fingerprint density at radius 1 is 1.15 bits per heavy atom. The number of para-hydroxylation sites is 1. The zero-order chi connectivity index (χ0) is 18.1. The fourth-order valence-electron chi connectivity index (χ4n) is 3.25. The first-order valence-corrected chi connectivity index (χ1v) is 9.48. The van der Waals surface area contributed by atoms with Gasteiger partial charge in [-0.3, -0.25) is 4.79 Å². The highest BCUT2D eigenvalue weighted by molar-refractivity contribution is 8.00. The van der Waals surface area contributed by atoms with E-state index in [4.69, 9.17) is 4.42 Å². The molecule has 0 aliphatic carbocycles. The predicted molar refractivity (Wildman–Crippen MR) is 102 cm³/mol. The first-order valence-electron chi connectivity index (χ1n) is 8.60. The maximum Gasteiger partial charge on any atom is 0.277 e. The molecule has 4 rings (SSSR count). The van der Waals surface area contributed by atoms with Crippen LogP contribution < -0.4 is 4.90 Å². The molecular weight excluding hydrogens is 346 g/mol. The lowest BCUT2D eigenvalue weighted by atomic mass is 10.1. The Morgan fingerprint density at radius 2 is 1.88 bits per heavy atom. The molecule has 0 N–H and O–H groups in total. The molecule has 1 aliphatic rings. The van der Waals surface area contributed by atoms with Gasteiger partial charge in [0.15, 0.2) is 0 Å². The topological polar surface area (TPSA) is 59.2 Å². The van der Waals surface area contributed by atoms with Crippen LogP contribution in [0.4, 0.5) is 5.69 Å². The molecule has 2 heterocycles. The van der Waals surface area contributed by atoms with Gasteiger partial charge in [-0.25, -0.2) is 0 Å². The molecule has 2 atom stereocenters. The number of benzene rings is 2. The smallest absolute Gasteiger partial charge is 0.277 e. The lowest BCUT2D eigenvalue weighted by molar-refractivity contribution is -0.118. The highest BCUT2D eigenvalue weighted by Crippen LogP contribution is 2.35. The minimum absolute atomic E-state index is 0.0620. The van der Waals surface area contributed by atoms with Crippen molar-refractivity contribution in [3.05, 3.63) is 60.2 Å².